The average molecular weight is 225 g/mol. The van der Waals surface area contributed by atoms with Gasteiger partial charge in [0.1, 0.15) is 0 Å². The minimum Gasteiger partial charge on any atom is -0.342 e. The molecule has 2 rings (SSSR count). The molecule has 0 aromatic carbocycles. The highest BCUT2D eigenvalue weighted by atomic mass is 16.2. The van der Waals surface area contributed by atoms with E-state index < -0.39 is 0 Å². The lowest BCUT2D eigenvalue weighted by atomic mass is 10.0. The van der Waals surface area contributed by atoms with Crippen molar-refractivity contribution in [3.05, 3.63) is 0 Å². The Kier molecular flexibility index (Phi) is 4.18. The minimum atomic E-state index is 0.304. The fourth-order valence-corrected chi connectivity index (χ4v) is 2.78. The SMILES string of the molecule is NCC1CCCCN1CC(=O)N1CCCC1. The molecular formula is C12H23N3O. The molecule has 2 fully saturated rings. The number of hydrogen-bond donors (Lipinski definition) is 1. The van der Waals surface area contributed by atoms with Crippen LogP contribution in [0.25, 0.3) is 0 Å². The second-order valence-electron chi connectivity index (χ2n) is 4.94. The van der Waals surface area contributed by atoms with E-state index in [1.165, 1.54) is 25.7 Å². The molecule has 0 aromatic heterocycles. The monoisotopic (exact) mass is 225 g/mol. The molecule has 1 unspecified atom stereocenters. The number of nitrogens with two attached hydrogens (primary N) is 1. The Bertz CT molecular complexity index is 238. The van der Waals surface area contributed by atoms with Gasteiger partial charge in [0.15, 0.2) is 0 Å². The first kappa shape index (κ1) is 11.9. The third-order valence-corrected chi connectivity index (χ3v) is 3.82. The molecule has 0 aliphatic carbocycles. The van der Waals surface area contributed by atoms with Crippen molar-refractivity contribution in [2.24, 2.45) is 5.73 Å². The first-order valence-electron chi connectivity index (χ1n) is 6.53. The topological polar surface area (TPSA) is 49.6 Å². The molecule has 0 bridgehead atoms. The zero-order valence-corrected chi connectivity index (χ0v) is 10.0. The second kappa shape index (κ2) is 5.64. The lowest BCUT2D eigenvalue weighted by Gasteiger charge is -2.35. The summed E-state index contributed by atoms with van der Waals surface area (Å²) < 4.78 is 0. The number of rotatable bonds is 3. The molecule has 4 heteroatoms. The van der Waals surface area contributed by atoms with Crippen LogP contribution in [0, 0.1) is 0 Å². The van der Waals surface area contributed by atoms with Gasteiger partial charge in [-0.05, 0) is 32.2 Å². The highest BCUT2D eigenvalue weighted by Crippen LogP contribution is 2.17. The van der Waals surface area contributed by atoms with Crippen LogP contribution in [0.4, 0.5) is 0 Å². The van der Waals surface area contributed by atoms with E-state index in [2.05, 4.69) is 4.90 Å². The van der Waals surface area contributed by atoms with E-state index in [4.69, 9.17) is 5.73 Å². The summed E-state index contributed by atoms with van der Waals surface area (Å²) in [4.78, 5) is 16.3. The number of carbonyl (C=O) groups excluding carboxylic acids is 1. The molecular weight excluding hydrogens is 202 g/mol. The Labute approximate surface area is 97.8 Å². The summed E-state index contributed by atoms with van der Waals surface area (Å²) in [5, 5.41) is 0. The van der Waals surface area contributed by atoms with Crippen LogP contribution in [-0.4, -0.2) is 54.5 Å². The molecule has 0 spiro atoms. The summed E-state index contributed by atoms with van der Waals surface area (Å²) in [7, 11) is 0. The number of carbonyl (C=O) groups is 1. The highest BCUT2D eigenvalue weighted by molar-refractivity contribution is 5.78. The van der Waals surface area contributed by atoms with Crippen molar-refractivity contribution in [1.29, 1.82) is 0 Å². The Morgan fingerprint density at radius 1 is 1.12 bits per heavy atom. The molecule has 4 nitrogen and oxygen atoms in total. The van der Waals surface area contributed by atoms with Gasteiger partial charge in [-0.1, -0.05) is 6.42 Å². The van der Waals surface area contributed by atoms with Gasteiger partial charge in [0.05, 0.1) is 6.54 Å². The number of hydrogen-bond acceptors (Lipinski definition) is 3. The van der Waals surface area contributed by atoms with Crippen molar-refractivity contribution < 1.29 is 4.79 Å². The first-order chi connectivity index (χ1) is 7.81. The predicted molar refractivity (Wildman–Crippen MR) is 64.1 cm³/mol. The molecule has 0 radical (unpaired) electrons. The van der Waals surface area contributed by atoms with Gasteiger partial charge in [-0.15, -0.1) is 0 Å². The maximum Gasteiger partial charge on any atom is 0.236 e. The van der Waals surface area contributed by atoms with Crippen LogP contribution < -0.4 is 5.73 Å². The maximum absolute atomic E-state index is 12.0. The Morgan fingerprint density at radius 2 is 1.81 bits per heavy atom. The third kappa shape index (κ3) is 2.74. The van der Waals surface area contributed by atoms with Crippen LogP contribution in [0.1, 0.15) is 32.1 Å². The van der Waals surface area contributed by atoms with E-state index >= 15 is 0 Å². The van der Waals surface area contributed by atoms with Gasteiger partial charge in [-0.25, -0.2) is 0 Å². The van der Waals surface area contributed by atoms with Crippen LogP contribution in [0.2, 0.25) is 0 Å². The van der Waals surface area contributed by atoms with Crippen LogP contribution in [0.15, 0.2) is 0 Å². The normalized spacial score (nSPS) is 27.3. The number of piperidine rings is 1. The number of amides is 1. The Balaban J connectivity index is 1.84. The van der Waals surface area contributed by atoms with Gasteiger partial charge in [0.2, 0.25) is 5.91 Å². The molecule has 1 amide bonds. The summed E-state index contributed by atoms with van der Waals surface area (Å²) in [6.07, 6.45) is 5.97. The fraction of sp³-hybridized carbons (Fsp3) is 0.917. The highest BCUT2D eigenvalue weighted by Gasteiger charge is 2.26. The lowest BCUT2D eigenvalue weighted by Crippen LogP contribution is -2.49. The van der Waals surface area contributed by atoms with Gasteiger partial charge in [-0.3, -0.25) is 9.69 Å². The molecule has 2 N–H and O–H groups in total. The lowest BCUT2D eigenvalue weighted by molar-refractivity contribution is -0.132. The molecule has 2 aliphatic heterocycles. The molecule has 2 aliphatic rings. The van der Waals surface area contributed by atoms with Crippen LogP contribution in [-0.2, 0) is 4.79 Å². The van der Waals surface area contributed by atoms with Crippen LogP contribution in [0.5, 0.6) is 0 Å². The van der Waals surface area contributed by atoms with E-state index in [1.54, 1.807) is 0 Å². The fourth-order valence-electron chi connectivity index (χ4n) is 2.78. The van der Waals surface area contributed by atoms with Crippen molar-refractivity contribution in [2.45, 2.75) is 38.1 Å². The van der Waals surface area contributed by atoms with Gasteiger partial charge in [0, 0.05) is 25.7 Å². The van der Waals surface area contributed by atoms with Crippen molar-refractivity contribution in [3.8, 4) is 0 Å². The molecule has 2 heterocycles. The van der Waals surface area contributed by atoms with Crippen molar-refractivity contribution in [1.82, 2.24) is 9.80 Å². The standard InChI is InChI=1S/C12H23N3O/c13-9-11-5-1-2-8-15(11)10-12(16)14-6-3-4-7-14/h11H,1-10,13H2. The van der Waals surface area contributed by atoms with E-state index in [0.717, 1.165) is 26.1 Å². The molecule has 0 saturated carbocycles. The quantitative estimate of drug-likeness (QED) is 0.757. The second-order valence-corrected chi connectivity index (χ2v) is 4.94. The third-order valence-electron chi connectivity index (χ3n) is 3.82. The number of likely N-dealkylation sites (tertiary alicyclic amines) is 2. The van der Waals surface area contributed by atoms with Crippen LogP contribution >= 0.6 is 0 Å². The maximum atomic E-state index is 12.0. The molecule has 0 aromatic rings. The first-order valence-corrected chi connectivity index (χ1v) is 6.53. The van der Waals surface area contributed by atoms with Gasteiger partial charge >= 0.3 is 0 Å². The largest absolute Gasteiger partial charge is 0.342 e. The zero-order chi connectivity index (χ0) is 11.4. The summed E-state index contributed by atoms with van der Waals surface area (Å²) >= 11 is 0. The van der Waals surface area contributed by atoms with Crippen LogP contribution in [0.3, 0.4) is 0 Å². The molecule has 16 heavy (non-hydrogen) atoms. The van der Waals surface area contributed by atoms with E-state index in [1.807, 2.05) is 4.90 Å². The van der Waals surface area contributed by atoms with Crippen molar-refractivity contribution in [3.63, 3.8) is 0 Å². The van der Waals surface area contributed by atoms with E-state index in [9.17, 15) is 4.79 Å². The Hall–Kier alpha value is -0.610. The summed E-state index contributed by atoms with van der Waals surface area (Å²) in [6, 6.07) is 0.431. The van der Waals surface area contributed by atoms with Crippen molar-refractivity contribution >= 4 is 5.91 Å². The zero-order valence-electron chi connectivity index (χ0n) is 10.0. The molecule has 92 valence electrons. The predicted octanol–water partition coefficient (Wildman–Crippen LogP) is 0.422. The van der Waals surface area contributed by atoms with Gasteiger partial charge in [-0.2, -0.15) is 0 Å². The average Bonchev–Trinajstić information content (AvgIpc) is 2.83. The molecule has 1 atom stereocenters. The van der Waals surface area contributed by atoms with Gasteiger partial charge < -0.3 is 10.6 Å². The number of nitrogens with zero attached hydrogens (tertiary/aromatic N) is 2. The smallest absolute Gasteiger partial charge is 0.236 e. The van der Waals surface area contributed by atoms with Gasteiger partial charge in [0.25, 0.3) is 0 Å². The summed E-state index contributed by atoms with van der Waals surface area (Å²) in [5.74, 6) is 0.304. The summed E-state index contributed by atoms with van der Waals surface area (Å²) in [6.45, 7) is 4.23. The van der Waals surface area contributed by atoms with E-state index in [-0.39, 0.29) is 0 Å². The van der Waals surface area contributed by atoms with Crippen molar-refractivity contribution in [2.75, 3.05) is 32.7 Å². The summed E-state index contributed by atoms with van der Waals surface area (Å²) in [5.41, 5.74) is 5.76. The molecule has 2 saturated heterocycles. The Morgan fingerprint density at radius 3 is 2.50 bits per heavy atom. The minimum absolute atomic E-state index is 0.304. The van der Waals surface area contributed by atoms with E-state index in [0.29, 0.717) is 25.0 Å².